The molecule has 2 aromatic carbocycles. The quantitative estimate of drug-likeness (QED) is 0.128. The van der Waals surface area contributed by atoms with Gasteiger partial charge in [0.15, 0.2) is 11.5 Å². The number of aromatic nitrogens is 1. The van der Waals surface area contributed by atoms with E-state index in [9.17, 15) is 14.4 Å². The number of hydroxylamine groups is 1. The zero-order valence-electron chi connectivity index (χ0n) is 20.8. The fourth-order valence-electron chi connectivity index (χ4n) is 3.59. The molecule has 1 aromatic heterocycles. The van der Waals surface area contributed by atoms with Gasteiger partial charge in [-0.25, -0.2) is 10.5 Å². The van der Waals surface area contributed by atoms with Crippen molar-refractivity contribution in [3.05, 3.63) is 53.0 Å². The average Bonchev–Trinajstić information content (AvgIpc) is 3.42. The van der Waals surface area contributed by atoms with Gasteiger partial charge in [0, 0.05) is 35.0 Å². The molecular weight excluding hydrogens is 498 g/mol. The molecule has 3 aromatic rings. The Kier molecular flexibility index (Phi) is 9.99. The first-order chi connectivity index (χ1) is 17.9. The minimum Gasteiger partial charge on any atom is -0.493 e. The number of rotatable bonds is 13. The molecule has 0 saturated carbocycles. The van der Waals surface area contributed by atoms with Crippen LogP contribution in [0.15, 0.2) is 41.8 Å². The summed E-state index contributed by atoms with van der Waals surface area (Å²) in [6.45, 7) is 0. The lowest BCUT2D eigenvalue weighted by Crippen LogP contribution is -2.17. The van der Waals surface area contributed by atoms with Crippen LogP contribution in [0, 0.1) is 0 Å². The third kappa shape index (κ3) is 7.28. The number of unbranched alkanes of at least 4 members (excludes halogenated alkanes) is 2. The minimum absolute atomic E-state index is 0.119. The number of amides is 2. The van der Waals surface area contributed by atoms with Crippen LogP contribution in [0.2, 0.25) is 0 Å². The normalized spacial score (nSPS) is 10.5. The summed E-state index contributed by atoms with van der Waals surface area (Å²) in [5.74, 6) is 0.344. The lowest BCUT2D eigenvalue weighted by atomic mass is 10.1. The van der Waals surface area contributed by atoms with Gasteiger partial charge in [-0.2, -0.15) is 0 Å². The molecule has 0 aliphatic rings. The van der Waals surface area contributed by atoms with E-state index in [0.717, 1.165) is 5.56 Å². The molecule has 0 unspecified atom stereocenters. The van der Waals surface area contributed by atoms with Gasteiger partial charge in [0.25, 0.3) is 0 Å². The molecule has 0 bridgehead atoms. The SMILES string of the molecule is COc1cc(C(=O)c2csc(-c3ccc(NC(=O)CCCCCC(=O)NO)cc3)n2)cc(OC)c1OC. The first-order valence-corrected chi connectivity index (χ1v) is 12.4. The first kappa shape index (κ1) is 27.6. The van der Waals surface area contributed by atoms with Crippen molar-refractivity contribution in [2.45, 2.75) is 32.1 Å². The Balaban J connectivity index is 1.61. The summed E-state index contributed by atoms with van der Waals surface area (Å²) in [6, 6.07) is 10.4. The van der Waals surface area contributed by atoms with Crippen LogP contribution in [0.5, 0.6) is 17.2 Å². The second-order valence-corrected chi connectivity index (χ2v) is 8.86. The molecule has 3 rings (SSSR count). The van der Waals surface area contributed by atoms with Gasteiger partial charge in [0.1, 0.15) is 10.7 Å². The molecular formula is C26H29N3O7S. The van der Waals surface area contributed by atoms with E-state index < -0.39 is 5.91 Å². The molecule has 2 amide bonds. The molecule has 1 heterocycles. The number of carbonyl (C=O) groups excluding carboxylic acids is 3. The Hall–Kier alpha value is -3.96. The van der Waals surface area contributed by atoms with Crippen LogP contribution in [0.4, 0.5) is 5.69 Å². The third-order valence-corrected chi connectivity index (χ3v) is 6.40. The molecule has 0 atom stereocenters. The second-order valence-electron chi connectivity index (χ2n) is 8.00. The van der Waals surface area contributed by atoms with E-state index in [-0.39, 0.29) is 18.1 Å². The van der Waals surface area contributed by atoms with Gasteiger partial charge in [-0.05, 0) is 49.2 Å². The summed E-state index contributed by atoms with van der Waals surface area (Å²) in [7, 11) is 4.47. The maximum Gasteiger partial charge on any atom is 0.243 e. The second kappa shape index (κ2) is 13.4. The smallest absolute Gasteiger partial charge is 0.243 e. The van der Waals surface area contributed by atoms with E-state index in [1.807, 2.05) is 12.1 Å². The zero-order valence-corrected chi connectivity index (χ0v) is 21.6. The Morgan fingerprint density at radius 2 is 1.51 bits per heavy atom. The van der Waals surface area contributed by atoms with Crippen molar-refractivity contribution in [2.24, 2.45) is 0 Å². The lowest BCUT2D eigenvalue weighted by Gasteiger charge is -2.13. The van der Waals surface area contributed by atoms with Crippen molar-refractivity contribution >= 4 is 34.6 Å². The molecule has 0 aliphatic carbocycles. The van der Waals surface area contributed by atoms with Crippen LogP contribution in [0.1, 0.15) is 48.2 Å². The molecule has 11 heteroatoms. The number of nitrogens with one attached hydrogen (secondary N) is 2. The van der Waals surface area contributed by atoms with Crippen molar-refractivity contribution in [1.82, 2.24) is 10.5 Å². The molecule has 0 saturated heterocycles. The molecule has 0 fully saturated rings. The molecule has 196 valence electrons. The Labute approximate surface area is 218 Å². The van der Waals surface area contributed by atoms with Crippen molar-refractivity contribution in [3.8, 4) is 27.8 Å². The largest absolute Gasteiger partial charge is 0.493 e. The average molecular weight is 528 g/mol. The highest BCUT2D eigenvalue weighted by Gasteiger charge is 2.20. The molecule has 0 aliphatic heterocycles. The molecule has 0 spiro atoms. The van der Waals surface area contributed by atoms with Crippen LogP contribution >= 0.6 is 11.3 Å². The minimum atomic E-state index is -0.428. The molecule has 3 N–H and O–H groups in total. The summed E-state index contributed by atoms with van der Waals surface area (Å²) in [4.78, 5) is 40.7. The Morgan fingerprint density at radius 3 is 2.08 bits per heavy atom. The van der Waals surface area contributed by atoms with Gasteiger partial charge in [-0.3, -0.25) is 19.6 Å². The van der Waals surface area contributed by atoms with Crippen molar-refractivity contribution in [2.75, 3.05) is 26.6 Å². The van der Waals surface area contributed by atoms with E-state index in [4.69, 9.17) is 19.4 Å². The predicted octanol–water partition coefficient (Wildman–Crippen LogP) is 4.46. The van der Waals surface area contributed by atoms with Crippen molar-refractivity contribution in [1.29, 1.82) is 0 Å². The standard InChI is InChI=1S/C26H29N3O7S/c1-34-20-13-17(14-21(35-2)25(20)36-3)24(32)19-15-37-26(28-19)16-9-11-18(12-10-16)27-22(30)7-5-4-6-8-23(31)29-33/h9-15,33H,4-8H2,1-3H3,(H,27,30)(H,29,31). The van der Waals surface area contributed by atoms with Gasteiger partial charge in [0.05, 0.1) is 21.3 Å². The van der Waals surface area contributed by atoms with Gasteiger partial charge >= 0.3 is 0 Å². The van der Waals surface area contributed by atoms with Gasteiger partial charge < -0.3 is 19.5 Å². The summed E-state index contributed by atoms with van der Waals surface area (Å²) in [5, 5.41) is 13.7. The van der Waals surface area contributed by atoms with Crippen LogP contribution in [-0.2, 0) is 9.59 Å². The zero-order chi connectivity index (χ0) is 26.8. The number of hydrogen-bond donors (Lipinski definition) is 3. The first-order valence-electron chi connectivity index (χ1n) is 11.5. The van der Waals surface area contributed by atoms with Crippen LogP contribution in [0.25, 0.3) is 10.6 Å². The molecule has 37 heavy (non-hydrogen) atoms. The molecule has 0 radical (unpaired) electrons. The van der Waals surface area contributed by atoms with Crippen LogP contribution in [0.3, 0.4) is 0 Å². The molecule has 10 nitrogen and oxygen atoms in total. The Morgan fingerprint density at radius 1 is 0.892 bits per heavy atom. The maximum absolute atomic E-state index is 13.1. The number of ether oxygens (including phenoxy) is 3. The van der Waals surface area contributed by atoms with Crippen molar-refractivity contribution in [3.63, 3.8) is 0 Å². The number of anilines is 1. The predicted molar refractivity (Wildman–Crippen MR) is 139 cm³/mol. The number of thiazole rings is 1. The van der Waals surface area contributed by atoms with E-state index in [1.165, 1.54) is 32.7 Å². The van der Waals surface area contributed by atoms with E-state index in [0.29, 0.717) is 64.9 Å². The van der Waals surface area contributed by atoms with Crippen LogP contribution < -0.4 is 25.0 Å². The number of benzene rings is 2. The lowest BCUT2D eigenvalue weighted by molar-refractivity contribution is -0.129. The fourth-order valence-corrected chi connectivity index (χ4v) is 4.40. The number of ketones is 1. The highest BCUT2D eigenvalue weighted by Crippen LogP contribution is 2.39. The van der Waals surface area contributed by atoms with Crippen molar-refractivity contribution < 1.29 is 33.8 Å². The van der Waals surface area contributed by atoms with Crippen LogP contribution in [-0.4, -0.2) is 49.1 Å². The number of methoxy groups -OCH3 is 3. The summed E-state index contributed by atoms with van der Waals surface area (Å²) < 4.78 is 16.0. The van der Waals surface area contributed by atoms with Gasteiger partial charge in [0.2, 0.25) is 23.3 Å². The number of hydrogen-bond acceptors (Lipinski definition) is 9. The number of nitrogens with zero attached hydrogens (tertiary/aromatic N) is 1. The van der Waals surface area contributed by atoms with Gasteiger partial charge in [-0.15, -0.1) is 11.3 Å². The summed E-state index contributed by atoms with van der Waals surface area (Å²) in [6.07, 6.45) is 2.52. The summed E-state index contributed by atoms with van der Waals surface area (Å²) >= 11 is 1.34. The highest BCUT2D eigenvalue weighted by molar-refractivity contribution is 7.13. The van der Waals surface area contributed by atoms with E-state index in [2.05, 4.69) is 10.3 Å². The fraction of sp³-hybridized carbons (Fsp3) is 0.308. The Bertz CT molecular complexity index is 1220. The topological polar surface area (TPSA) is 136 Å². The highest BCUT2D eigenvalue weighted by atomic mass is 32.1. The maximum atomic E-state index is 13.1. The van der Waals surface area contributed by atoms with E-state index in [1.54, 1.807) is 35.1 Å². The van der Waals surface area contributed by atoms with E-state index >= 15 is 0 Å². The third-order valence-electron chi connectivity index (χ3n) is 5.51. The monoisotopic (exact) mass is 527 g/mol. The van der Waals surface area contributed by atoms with Gasteiger partial charge in [-0.1, -0.05) is 6.42 Å². The number of carbonyl (C=O) groups is 3. The summed E-state index contributed by atoms with van der Waals surface area (Å²) in [5.41, 5.74) is 3.71.